The van der Waals surface area contributed by atoms with Crippen molar-refractivity contribution in [3.8, 4) is 17.0 Å². The Labute approximate surface area is 195 Å². The molecular formula is C23H19F4N3OS2. The highest BCUT2D eigenvalue weighted by Gasteiger charge is 2.35. The number of unbranched alkanes of at least 4 members (excludes halogenated alkanes) is 1. The van der Waals surface area contributed by atoms with Gasteiger partial charge < -0.3 is 10.1 Å². The van der Waals surface area contributed by atoms with E-state index in [0.29, 0.717) is 23.3 Å². The zero-order valence-electron chi connectivity index (χ0n) is 17.2. The first-order valence-corrected chi connectivity index (χ1v) is 11.8. The first-order chi connectivity index (χ1) is 15.9. The first kappa shape index (κ1) is 23.2. The summed E-state index contributed by atoms with van der Waals surface area (Å²) in [7, 11) is 0. The molecule has 0 fully saturated rings. The van der Waals surface area contributed by atoms with Crippen molar-refractivity contribution in [3.63, 3.8) is 0 Å². The van der Waals surface area contributed by atoms with Gasteiger partial charge in [0.2, 0.25) is 5.13 Å². The van der Waals surface area contributed by atoms with Gasteiger partial charge in [0.1, 0.15) is 11.4 Å². The van der Waals surface area contributed by atoms with Gasteiger partial charge in [0, 0.05) is 28.5 Å². The van der Waals surface area contributed by atoms with Crippen LogP contribution in [0.5, 0.6) is 5.75 Å². The standard InChI is InChI=1S/C23H19F4N3OS2/c24-21-20(15-5-3-10-28-14-15)30-22(33-21)29-16-8-9-19(18(13-16)23(25,26)27)31-11-2-1-6-17-7-4-12-32-17/h3-5,7-10,12-14H,1-2,6,11H2,(H,29,30). The van der Waals surface area contributed by atoms with E-state index in [0.717, 1.165) is 18.9 Å². The van der Waals surface area contributed by atoms with Crippen molar-refractivity contribution in [3.05, 3.63) is 75.8 Å². The molecule has 0 saturated carbocycles. The number of hydrogen-bond acceptors (Lipinski definition) is 6. The number of nitrogens with one attached hydrogen (secondary N) is 1. The number of halogens is 4. The Bertz CT molecular complexity index is 1180. The minimum absolute atomic E-state index is 0.0918. The van der Waals surface area contributed by atoms with E-state index in [9.17, 15) is 17.6 Å². The molecule has 4 nitrogen and oxygen atoms in total. The Hall–Kier alpha value is -2.98. The molecule has 10 heteroatoms. The van der Waals surface area contributed by atoms with E-state index in [4.69, 9.17) is 4.74 Å². The molecule has 4 aromatic rings. The number of hydrogen-bond donors (Lipinski definition) is 1. The third-order valence-electron chi connectivity index (χ3n) is 4.71. The number of anilines is 2. The van der Waals surface area contributed by atoms with Gasteiger partial charge in [-0.3, -0.25) is 4.98 Å². The molecule has 0 bridgehead atoms. The Balaban J connectivity index is 1.43. The quantitative estimate of drug-likeness (QED) is 0.193. The predicted molar refractivity (Wildman–Crippen MR) is 123 cm³/mol. The smallest absolute Gasteiger partial charge is 0.420 e. The van der Waals surface area contributed by atoms with Crippen molar-refractivity contribution < 1.29 is 22.3 Å². The lowest BCUT2D eigenvalue weighted by molar-refractivity contribution is -0.138. The highest BCUT2D eigenvalue weighted by atomic mass is 32.1. The Morgan fingerprint density at radius 2 is 1.94 bits per heavy atom. The summed E-state index contributed by atoms with van der Waals surface area (Å²) < 4.78 is 60.7. The number of thiophene rings is 1. The Kier molecular flexibility index (Phi) is 7.24. The van der Waals surface area contributed by atoms with Crippen LogP contribution in [0.2, 0.25) is 0 Å². The second-order valence-corrected chi connectivity index (χ2v) is 9.08. The number of alkyl halides is 3. The molecule has 0 aliphatic rings. The normalized spacial score (nSPS) is 11.5. The van der Waals surface area contributed by atoms with Crippen molar-refractivity contribution in [2.45, 2.75) is 25.4 Å². The van der Waals surface area contributed by atoms with Crippen LogP contribution in [0.15, 0.2) is 60.2 Å². The number of pyridine rings is 1. The van der Waals surface area contributed by atoms with E-state index >= 15 is 0 Å². The van der Waals surface area contributed by atoms with Gasteiger partial charge in [0.05, 0.1) is 12.2 Å². The van der Waals surface area contributed by atoms with Crippen molar-refractivity contribution in [2.75, 3.05) is 11.9 Å². The van der Waals surface area contributed by atoms with Gasteiger partial charge in [-0.05, 0) is 61.0 Å². The molecule has 0 spiro atoms. The summed E-state index contributed by atoms with van der Waals surface area (Å²) in [6.45, 7) is 0.188. The molecule has 0 radical (unpaired) electrons. The topological polar surface area (TPSA) is 47.0 Å². The van der Waals surface area contributed by atoms with Gasteiger partial charge in [-0.25, -0.2) is 4.98 Å². The molecular weight excluding hydrogens is 474 g/mol. The van der Waals surface area contributed by atoms with Crippen LogP contribution in [-0.4, -0.2) is 16.6 Å². The molecule has 0 aliphatic heterocycles. The molecule has 0 aliphatic carbocycles. The highest BCUT2D eigenvalue weighted by Crippen LogP contribution is 2.39. The predicted octanol–water partition coefficient (Wildman–Crippen LogP) is 7.57. The lowest BCUT2D eigenvalue weighted by atomic mass is 10.1. The van der Waals surface area contributed by atoms with Gasteiger partial charge >= 0.3 is 6.18 Å². The molecule has 1 N–H and O–H groups in total. The molecule has 3 aromatic heterocycles. The number of aromatic nitrogens is 2. The summed E-state index contributed by atoms with van der Waals surface area (Å²) in [5.41, 5.74) is -0.179. The maximum Gasteiger partial charge on any atom is 0.420 e. The van der Waals surface area contributed by atoms with Gasteiger partial charge in [0.15, 0.2) is 5.13 Å². The van der Waals surface area contributed by atoms with Crippen LogP contribution >= 0.6 is 22.7 Å². The number of aryl methyl sites for hydroxylation is 1. The molecule has 3 heterocycles. The molecule has 172 valence electrons. The van der Waals surface area contributed by atoms with Gasteiger partial charge in [-0.2, -0.15) is 17.6 Å². The number of rotatable bonds is 9. The lowest BCUT2D eigenvalue weighted by Crippen LogP contribution is -2.10. The minimum atomic E-state index is -4.60. The van der Waals surface area contributed by atoms with E-state index in [1.54, 1.807) is 29.7 Å². The molecule has 1 aromatic carbocycles. The van der Waals surface area contributed by atoms with Crippen molar-refractivity contribution in [1.82, 2.24) is 9.97 Å². The summed E-state index contributed by atoms with van der Waals surface area (Å²) in [6, 6.07) is 11.0. The van der Waals surface area contributed by atoms with Crippen LogP contribution in [0.25, 0.3) is 11.3 Å². The maximum atomic E-state index is 14.3. The fraction of sp³-hybridized carbons (Fsp3) is 0.217. The molecule has 0 saturated heterocycles. The molecule has 0 unspecified atom stereocenters. The fourth-order valence-electron chi connectivity index (χ4n) is 3.15. The van der Waals surface area contributed by atoms with Crippen LogP contribution in [0.3, 0.4) is 0 Å². The van der Waals surface area contributed by atoms with Crippen LogP contribution in [0, 0.1) is 5.13 Å². The van der Waals surface area contributed by atoms with E-state index in [1.807, 2.05) is 17.5 Å². The summed E-state index contributed by atoms with van der Waals surface area (Å²) in [5.74, 6) is -0.231. The van der Waals surface area contributed by atoms with Gasteiger partial charge in [-0.1, -0.05) is 17.4 Å². The second kappa shape index (κ2) is 10.3. The average Bonchev–Trinajstić information content (AvgIpc) is 3.44. The summed E-state index contributed by atoms with van der Waals surface area (Å²) in [6.07, 6.45) is 0.775. The van der Waals surface area contributed by atoms with Gasteiger partial charge in [-0.15, -0.1) is 11.3 Å². The largest absolute Gasteiger partial charge is 0.493 e. The third-order valence-corrected chi connectivity index (χ3v) is 6.41. The Morgan fingerprint density at radius 3 is 2.67 bits per heavy atom. The van der Waals surface area contributed by atoms with E-state index in [1.165, 1.54) is 23.2 Å². The zero-order valence-corrected chi connectivity index (χ0v) is 18.9. The van der Waals surface area contributed by atoms with Crippen LogP contribution < -0.4 is 10.1 Å². The first-order valence-electron chi connectivity index (χ1n) is 10.1. The Morgan fingerprint density at radius 1 is 1.06 bits per heavy atom. The molecule has 0 atom stereocenters. The third kappa shape index (κ3) is 6.08. The number of nitrogens with zero attached hydrogens (tertiary/aromatic N) is 2. The van der Waals surface area contributed by atoms with Crippen molar-refractivity contribution in [1.29, 1.82) is 0 Å². The average molecular weight is 494 g/mol. The van der Waals surface area contributed by atoms with E-state index in [2.05, 4.69) is 15.3 Å². The van der Waals surface area contributed by atoms with Crippen LogP contribution in [0.4, 0.5) is 28.4 Å². The maximum absolute atomic E-state index is 14.3. The van der Waals surface area contributed by atoms with Crippen molar-refractivity contribution >= 4 is 33.5 Å². The van der Waals surface area contributed by atoms with Crippen LogP contribution in [-0.2, 0) is 12.6 Å². The van der Waals surface area contributed by atoms with Gasteiger partial charge in [0.25, 0.3) is 0 Å². The zero-order chi connectivity index (χ0) is 23.3. The van der Waals surface area contributed by atoms with Crippen LogP contribution in [0.1, 0.15) is 23.3 Å². The van der Waals surface area contributed by atoms with Crippen molar-refractivity contribution in [2.24, 2.45) is 0 Å². The lowest BCUT2D eigenvalue weighted by Gasteiger charge is -2.15. The molecule has 33 heavy (non-hydrogen) atoms. The number of ether oxygens (including phenoxy) is 1. The minimum Gasteiger partial charge on any atom is -0.493 e. The SMILES string of the molecule is Fc1sc(Nc2ccc(OCCCCc3cccs3)c(C(F)(F)F)c2)nc1-c1cccnc1. The summed E-state index contributed by atoms with van der Waals surface area (Å²) in [5, 5.41) is 4.34. The fourth-order valence-corrected chi connectivity index (χ4v) is 4.64. The summed E-state index contributed by atoms with van der Waals surface area (Å²) >= 11 is 2.37. The number of benzene rings is 1. The number of thiazole rings is 1. The highest BCUT2D eigenvalue weighted by molar-refractivity contribution is 7.14. The van der Waals surface area contributed by atoms with E-state index < -0.39 is 16.9 Å². The monoisotopic (exact) mass is 493 g/mol. The second-order valence-electron chi connectivity index (χ2n) is 7.10. The molecule has 0 amide bonds. The van der Waals surface area contributed by atoms with E-state index in [-0.39, 0.29) is 28.9 Å². The molecule has 4 rings (SSSR count). The summed E-state index contributed by atoms with van der Waals surface area (Å²) in [4.78, 5) is 9.34.